The average molecular weight is 218 g/mol. The number of Topliss-reactive ketones (excluding diaryl/α,β-unsaturated/α-hetero) is 1. The van der Waals surface area contributed by atoms with E-state index in [4.69, 9.17) is 0 Å². The summed E-state index contributed by atoms with van der Waals surface area (Å²) < 4.78 is 0. The van der Waals surface area contributed by atoms with Gasteiger partial charge in [0.05, 0.1) is 0 Å². The molecule has 0 aromatic heterocycles. The van der Waals surface area contributed by atoms with Crippen molar-refractivity contribution in [1.29, 1.82) is 0 Å². The first kappa shape index (κ1) is 14.7. The molecule has 1 nitrogen and oxygen atoms in total. The fourth-order valence-corrected chi connectivity index (χ4v) is 1.27. The highest BCUT2D eigenvalue weighted by Crippen LogP contribution is 2.04. The van der Waals surface area contributed by atoms with Crippen molar-refractivity contribution in [3.8, 4) is 11.8 Å². The van der Waals surface area contributed by atoms with Crippen LogP contribution >= 0.6 is 0 Å². The zero-order valence-corrected chi connectivity index (χ0v) is 10.5. The van der Waals surface area contributed by atoms with Crippen LogP contribution in [-0.2, 0) is 4.79 Å². The van der Waals surface area contributed by atoms with E-state index in [1.807, 2.05) is 19.1 Å². The zero-order chi connectivity index (χ0) is 12.1. The number of ketones is 1. The van der Waals surface area contributed by atoms with Crippen LogP contribution in [0.2, 0.25) is 0 Å². The molecule has 0 heterocycles. The molecule has 0 saturated carbocycles. The summed E-state index contributed by atoms with van der Waals surface area (Å²) in [4.78, 5) is 10.7. The molecule has 16 heavy (non-hydrogen) atoms. The Bertz CT molecular complexity index is 286. The Morgan fingerprint density at radius 2 is 2.00 bits per heavy atom. The molecule has 0 unspecified atom stereocenters. The first-order chi connectivity index (χ1) is 7.77. The SMILES string of the molecule is C/C=C/C#CC/C=C/CCCCCC(C)=O. The number of rotatable bonds is 7. The second-order valence-electron chi connectivity index (χ2n) is 3.80. The molecular weight excluding hydrogens is 196 g/mol. The maximum absolute atomic E-state index is 10.7. The fraction of sp³-hybridized carbons (Fsp3) is 0.533. The van der Waals surface area contributed by atoms with Gasteiger partial charge in [-0.25, -0.2) is 0 Å². The molecule has 88 valence electrons. The number of hydrogen-bond acceptors (Lipinski definition) is 1. The normalized spacial score (nSPS) is 10.6. The minimum Gasteiger partial charge on any atom is -0.300 e. The van der Waals surface area contributed by atoms with Gasteiger partial charge in [0.2, 0.25) is 0 Å². The predicted octanol–water partition coefficient (Wildman–Crippen LogP) is 4.05. The minimum absolute atomic E-state index is 0.301. The Labute approximate surface area is 99.6 Å². The highest BCUT2D eigenvalue weighted by molar-refractivity contribution is 5.75. The van der Waals surface area contributed by atoms with Crippen molar-refractivity contribution in [2.75, 3.05) is 0 Å². The van der Waals surface area contributed by atoms with E-state index in [1.165, 1.54) is 6.42 Å². The molecule has 0 bridgehead atoms. The minimum atomic E-state index is 0.301. The van der Waals surface area contributed by atoms with E-state index in [1.54, 1.807) is 6.92 Å². The highest BCUT2D eigenvalue weighted by Gasteiger charge is 1.92. The first-order valence-electron chi connectivity index (χ1n) is 6.01. The monoisotopic (exact) mass is 218 g/mol. The first-order valence-corrected chi connectivity index (χ1v) is 6.01. The molecule has 0 aromatic rings. The van der Waals surface area contributed by atoms with Crippen LogP contribution in [0.1, 0.15) is 52.4 Å². The smallest absolute Gasteiger partial charge is 0.129 e. The number of carbonyl (C=O) groups excluding carboxylic acids is 1. The van der Waals surface area contributed by atoms with Gasteiger partial charge in [0.1, 0.15) is 5.78 Å². The Balaban J connectivity index is 3.29. The third-order valence-corrected chi connectivity index (χ3v) is 2.14. The second kappa shape index (κ2) is 11.8. The lowest BCUT2D eigenvalue weighted by molar-refractivity contribution is -0.117. The summed E-state index contributed by atoms with van der Waals surface area (Å²) in [6.45, 7) is 3.62. The number of unbranched alkanes of at least 4 members (excludes halogenated alkanes) is 3. The molecule has 0 fully saturated rings. The van der Waals surface area contributed by atoms with Gasteiger partial charge >= 0.3 is 0 Å². The lowest BCUT2D eigenvalue weighted by atomic mass is 10.1. The van der Waals surface area contributed by atoms with Gasteiger partial charge in [-0.15, -0.1) is 0 Å². The maximum Gasteiger partial charge on any atom is 0.129 e. The van der Waals surface area contributed by atoms with Gasteiger partial charge in [-0.05, 0) is 39.2 Å². The molecular formula is C15H22O. The second-order valence-corrected chi connectivity index (χ2v) is 3.80. The topological polar surface area (TPSA) is 17.1 Å². The molecule has 0 aliphatic heterocycles. The maximum atomic E-state index is 10.7. The van der Waals surface area contributed by atoms with Crippen LogP contribution in [0, 0.1) is 11.8 Å². The molecule has 0 N–H and O–H groups in total. The zero-order valence-electron chi connectivity index (χ0n) is 10.5. The van der Waals surface area contributed by atoms with Gasteiger partial charge in [-0.3, -0.25) is 0 Å². The molecule has 0 aliphatic rings. The van der Waals surface area contributed by atoms with E-state index in [2.05, 4.69) is 24.0 Å². The molecule has 0 atom stereocenters. The molecule has 0 saturated heterocycles. The van der Waals surface area contributed by atoms with Crippen molar-refractivity contribution in [2.45, 2.75) is 52.4 Å². The van der Waals surface area contributed by atoms with Gasteiger partial charge in [-0.2, -0.15) is 0 Å². The van der Waals surface area contributed by atoms with Crippen molar-refractivity contribution < 1.29 is 4.79 Å². The number of hydrogen-bond donors (Lipinski definition) is 0. The molecule has 1 heteroatoms. The van der Waals surface area contributed by atoms with Gasteiger partial charge < -0.3 is 4.79 Å². The largest absolute Gasteiger partial charge is 0.300 e. The third kappa shape index (κ3) is 12.7. The van der Waals surface area contributed by atoms with E-state index >= 15 is 0 Å². The summed E-state index contributed by atoms with van der Waals surface area (Å²) in [5.41, 5.74) is 0. The van der Waals surface area contributed by atoms with Crippen LogP contribution < -0.4 is 0 Å². The van der Waals surface area contributed by atoms with Crippen LogP contribution in [0.3, 0.4) is 0 Å². The molecule has 0 aromatic carbocycles. The summed E-state index contributed by atoms with van der Waals surface area (Å²) in [5.74, 6) is 6.28. The molecule has 0 rings (SSSR count). The molecule has 0 aliphatic carbocycles. The van der Waals surface area contributed by atoms with Crippen LogP contribution in [0.4, 0.5) is 0 Å². The third-order valence-electron chi connectivity index (χ3n) is 2.14. The standard InChI is InChI=1S/C15H22O/c1-3-4-5-6-7-8-9-10-11-12-13-14-15(2)16/h3-4,8-9H,7,10-14H2,1-2H3/b4-3+,9-8+. The van der Waals surface area contributed by atoms with E-state index in [9.17, 15) is 4.79 Å². The average Bonchev–Trinajstić information content (AvgIpc) is 2.25. The summed E-state index contributed by atoms with van der Waals surface area (Å²) in [7, 11) is 0. The van der Waals surface area contributed by atoms with Crippen LogP contribution in [-0.4, -0.2) is 5.78 Å². The van der Waals surface area contributed by atoms with Crippen LogP contribution in [0.5, 0.6) is 0 Å². The van der Waals surface area contributed by atoms with Crippen molar-refractivity contribution >= 4 is 5.78 Å². The Morgan fingerprint density at radius 3 is 2.69 bits per heavy atom. The van der Waals surface area contributed by atoms with Gasteiger partial charge in [0.15, 0.2) is 0 Å². The van der Waals surface area contributed by atoms with Gasteiger partial charge in [0.25, 0.3) is 0 Å². The van der Waals surface area contributed by atoms with Crippen molar-refractivity contribution in [2.24, 2.45) is 0 Å². The van der Waals surface area contributed by atoms with E-state index in [-0.39, 0.29) is 0 Å². The predicted molar refractivity (Wildman–Crippen MR) is 70.1 cm³/mol. The summed E-state index contributed by atoms with van der Waals surface area (Å²) >= 11 is 0. The summed E-state index contributed by atoms with van der Waals surface area (Å²) in [6.07, 6.45) is 14.1. The van der Waals surface area contributed by atoms with Gasteiger partial charge in [-0.1, -0.05) is 36.5 Å². The fourth-order valence-electron chi connectivity index (χ4n) is 1.27. The summed E-state index contributed by atoms with van der Waals surface area (Å²) in [6, 6.07) is 0. The highest BCUT2D eigenvalue weighted by atomic mass is 16.1. The van der Waals surface area contributed by atoms with E-state index < -0.39 is 0 Å². The number of allylic oxidation sites excluding steroid dienone is 4. The molecule has 0 amide bonds. The molecule has 0 spiro atoms. The number of carbonyl (C=O) groups is 1. The van der Waals surface area contributed by atoms with Crippen LogP contribution in [0.15, 0.2) is 24.3 Å². The van der Waals surface area contributed by atoms with E-state index in [0.29, 0.717) is 5.78 Å². The lowest BCUT2D eigenvalue weighted by Gasteiger charge is -1.95. The quantitative estimate of drug-likeness (QED) is 0.358. The van der Waals surface area contributed by atoms with Crippen molar-refractivity contribution in [3.63, 3.8) is 0 Å². The lowest BCUT2D eigenvalue weighted by Crippen LogP contribution is -1.88. The van der Waals surface area contributed by atoms with Crippen molar-refractivity contribution in [1.82, 2.24) is 0 Å². The summed E-state index contributed by atoms with van der Waals surface area (Å²) in [5, 5.41) is 0. The Hall–Kier alpha value is -1.29. The van der Waals surface area contributed by atoms with Crippen molar-refractivity contribution in [3.05, 3.63) is 24.3 Å². The Morgan fingerprint density at radius 1 is 1.19 bits per heavy atom. The Kier molecular flexibility index (Phi) is 10.8. The van der Waals surface area contributed by atoms with E-state index in [0.717, 1.165) is 32.1 Å². The van der Waals surface area contributed by atoms with Crippen LogP contribution in [0.25, 0.3) is 0 Å². The molecule has 0 radical (unpaired) electrons. The van der Waals surface area contributed by atoms with Gasteiger partial charge in [0, 0.05) is 12.8 Å².